The maximum atomic E-state index is 12.2. The first-order valence-electron chi connectivity index (χ1n) is 8.21. The minimum atomic E-state index is -0.253. The number of nitrogens with zero attached hydrogens (tertiary/aromatic N) is 4. The molecular formula is C18H17ClN6O2. The van der Waals surface area contributed by atoms with E-state index in [0.29, 0.717) is 16.3 Å². The van der Waals surface area contributed by atoms with Gasteiger partial charge in [0.05, 0.1) is 5.69 Å². The second kappa shape index (κ2) is 8.41. The van der Waals surface area contributed by atoms with Crippen LogP contribution in [0.1, 0.15) is 22.3 Å². The van der Waals surface area contributed by atoms with Gasteiger partial charge in [-0.3, -0.25) is 9.59 Å². The number of tetrazole rings is 1. The number of rotatable bonds is 6. The molecule has 0 bridgehead atoms. The van der Waals surface area contributed by atoms with E-state index in [1.807, 2.05) is 19.1 Å². The third-order valence-electron chi connectivity index (χ3n) is 3.92. The normalized spacial score (nSPS) is 10.4. The highest BCUT2D eigenvalue weighted by Gasteiger charge is 2.11. The van der Waals surface area contributed by atoms with Crippen molar-refractivity contribution < 1.29 is 9.59 Å². The van der Waals surface area contributed by atoms with E-state index >= 15 is 0 Å². The molecule has 8 nitrogen and oxygen atoms in total. The van der Waals surface area contributed by atoms with Gasteiger partial charge in [-0.05, 0) is 59.3 Å². The number of halogens is 1. The van der Waals surface area contributed by atoms with Crippen LogP contribution in [0.15, 0.2) is 48.8 Å². The van der Waals surface area contributed by atoms with E-state index in [1.54, 1.807) is 30.3 Å². The van der Waals surface area contributed by atoms with Crippen LogP contribution in [-0.4, -0.2) is 38.6 Å². The lowest BCUT2D eigenvalue weighted by Crippen LogP contribution is -2.27. The molecule has 2 aromatic carbocycles. The smallest absolute Gasteiger partial charge is 0.251 e. The zero-order chi connectivity index (χ0) is 19.2. The summed E-state index contributed by atoms with van der Waals surface area (Å²) in [6.45, 7) is 2.09. The van der Waals surface area contributed by atoms with Gasteiger partial charge in [-0.1, -0.05) is 17.7 Å². The molecule has 27 heavy (non-hydrogen) atoms. The van der Waals surface area contributed by atoms with Crippen molar-refractivity contribution in [1.82, 2.24) is 25.5 Å². The minimum Gasteiger partial charge on any atom is -0.352 e. The fourth-order valence-corrected chi connectivity index (χ4v) is 2.61. The van der Waals surface area contributed by atoms with Crippen LogP contribution in [0.25, 0.3) is 5.69 Å². The standard InChI is InChI=1S/C18H17ClN6O2/c1-12-15(3-2-4-16(12)25-11-21-23-24-25)22-17(26)9-10-20-18(27)13-5-7-14(19)8-6-13/h2-8,11H,9-10H2,1H3,(H,20,27)(H,22,26). The number of amides is 2. The summed E-state index contributed by atoms with van der Waals surface area (Å²) in [7, 11) is 0. The molecule has 0 fully saturated rings. The van der Waals surface area contributed by atoms with Gasteiger partial charge in [0.2, 0.25) is 5.91 Å². The largest absolute Gasteiger partial charge is 0.352 e. The number of benzene rings is 2. The predicted octanol–water partition coefficient (Wildman–Crippen LogP) is 2.38. The average Bonchev–Trinajstić information content (AvgIpc) is 3.18. The Morgan fingerprint density at radius 1 is 1.15 bits per heavy atom. The second-order valence-electron chi connectivity index (χ2n) is 5.77. The van der Waals surface area contributed by atoms with E-state index in [9.17, 15) is 9.59 Å². The number of anilines is 1. The van der Waals surface area contributed by atoms with Gasteiger partial charge in [-0.15, -0.1) is 5.10 Å². The van der Waals surface area contributed by atoms with Gasteiger partial charge < -0.3 is 10.6 Å². The molecule has 0 aliphatic rings. The fourth-order valence-electron chi connectivity index (χ4n) is 2.48. The van der Waals surface area contributed by atoms with E-state index in [-0.39, 0.29) is 24.8 Å². The Labute approximate surface area is 160 Å². The number of aromatic nitrogens is 4. The SMILES string of the molecule is Cc1c(NC(=O)CCNC(=O)c2ccc(Cl)cc2)cccc1-n1cnnn1. The molecule has 0 aliphatic carbocycles. The minimum absolute atomic E-state index is 0.147. The lowest BCUT2D eigenvalue weighted by Gasteiger charge is -2.12. The van der Waals surface area contributed by atoms with Crippen molar-refractivity contribution in [2.45, 2.75) is 13.3 Å². The number of hydrogen-bond acceptors (Lipinski definition) is 5. The Balaban J connectivity index is 1.55. The van der Waals surface area contributed by atoms with Crippen molar-refractivity contribution in [3.05, 3.63) is 64.9 Å². The molecule has 2 N–H and O–H groups in total. The quantitative estimate of drug-likeness (QED) is 0.679. The molecule has 1 aromatic heterocycles. The summed E-state index contributed by atoms with van der Waals surface area (Å²) in [5.74, 6) is -0.459. The topological polar surface area (TPSA) is 102 Å². The van der Waals surface area contributed by atoms with Gasteiger partial charge in [0.1, 0.15) is 6.33 Å². The van der Waals surface area contributed by atoms with Gasteiger partial charge in [0.15, 0.2) is 0 Å². The maximum Gasteiger partial charge on any atom is 0.251 e. The summed E-state index contributed by atoms with van der Waals surface area (Å²) in [6.07, 6.45) is 1.63. The van der Waals surface area contributed by atoms with Crippen LogP contribution in [0.4, 0.5) is 5.69 Å². The first-order chi connectivity index (χ1) is 13.0. The fraction of sp³-hybridized carbons (Fsp3) is 0.167. The second-order valence-corrected chi connectivity index (χ2v) is 6.20. The highest BCUT2D eigenvalue weighted by atomic mass is 35.5. The van der Waals surface area contributed by atoms with E-state index in [0.717, 1.165) is 11.3 Å². The van der Waals surface area contributed by atoms with Crippen LogP contribution >= 0.6 is 11.6 Å². The lowest BCUT2D eigenvalue weighted by molar-refractivity contribution is -0.116. The molecule has 0 saturated heterocycles. The van der Waals surface area contributed by atoms with E-state index < -0.39 is 0 Å². The molecule has 3 aromatic rings. The van der Waals surface area contributed by atoms with E-state index in [1.165, 1.54) is 11.0 Å². The van der Waals surface area contributed by atoms with Crippen LogP contribution in [0.2, 0.25) is 5.02 Å². The summed E-state index contributed by atoms with van der Waals surface area (Å²) in [6, 6.07) is 12.0. The van der Waals surface area contributed by atoms with Crippen molar-refractivity contribution >= 4 is 29.1 Å². The van der Waals surface area contributed by atoms with E-state index in [2.05, 4.69) is 26.2 Å². The Hall–Kier alpha value is -3.26. The number of carbonyl (C=O) groups is 2. The van der Waals surface area contributed by atoms with Crippen LogP contribution in [0.3, 0.4) is 0 Å². The summed E-state index contributed by atoms with van der Waals surface area (Å²) in [5, 5.41) is 17.2. The monoisotopic (exact) mass is 384 g/mol. The third-order valence-corrected chi connectivity index (χ3v) is 4.17. The third kappa shape index (κ3) is 4.68. The lowest BCUT2D eigenvalue weighted by atomic mass is 10.1. The Kier molecular flexibility index (Phi) is 5.77. The number of hydrogen-bond donors (Lipinski definition) is 2. The van der Waals surface area contributed by atoms with Crippen LogP contribution in [-0.2, 0) is 4.79 Å². The summed E-state index contributed by atoms with van der Waals surface area (Å²) in [4.78, 5) is 24.2. The molecule has 0 saturated carbocycles. The first-order valence-corrected chi connectivity index (χ1v) is 8.59. The Morgan fingerprint density at radius 2 is 1.93 bits per heavy atom. The molecular weight excluding hydrogens is 368 g/mol. The van der Waals surface area contributed by atoms with Crippen molar-refractivity contribution in [2.24, 2.45) is 0 Å². The Bertz CT molecular complexity index is 941. The molecule has 3 rings (SSSR count). The summed E-state index contributed by atoms with van der Waals surface area (Å²) >= 11 is 5.80. The molecule has 0 spiro atoms. The molecule has 0 aliphatic heterocycles. The zero-order valence-corrected chi connectivity index (χ0v) is 15.3. The number of nitrogens with one attached hydrogen (secondary N) is 2. The average molecular weight is 385 g/mol. The predicted molar refractivity (Wildman–Crippen MR) is 101 cm³/mol. The van der Waals surface area contributed by atoms with Gasteiger partial charge in [0, 0.05) is 29.2 Å². The van der Waals surface area contributed by atoms with Gasteiger partial charge in [0.25, 0.3) is 5.91 Å². The van der Waals surface area contributed by atoms with Gasteiger partial charge in [-0.25, -0.2) is 4.68 Å². The van der Waals surface area contributed by atoms with Crippen molar-refractivity contribution in [2.75, 3.05) is 11.9 Å². The Morgan fingerprint density at radius 3 is 2.63 bits per heavy atom. The zero-order valence-electron chi connectivity index (χ0n) is 14.5. The van der Waals surface area contributed by atoms with Crippen molar-refractivity contribution in [3.8, 4) is 5.69 Å². The molecule has 0 radical (unpaired) electrons. The van der Waals surface area contributed by atoms with Crippen LogP contribution < -0.4 is 10.6 Å². The maximum absolute atomic E-state index is 12.2. The molecule has 9 heteroatoms. The van der Waals surface area contributed by atoms with Crippen molar-refractivity contribution in [1.29, 1.82) is 0 Å². The van der Waals surface area contributed by atoms with Gasteiger partial charge in [-0.2, -0.15) is 0 Å². The molecule has 2 amide bonds. The molecule has 0 unspecified atom stereocenters. The molecule has 0 atom stereocenters. The highest BCUT2D eigenvalue weighted by Crippen LogP contribution is 2.21. The van der Waals surface area contributed by atoms with E-state index in [4.69, 9.17) is 11.6 Å². The van der Waals surface area contributed by atoms with Gasteiger partial charge >= 0.3 is 0 Å². The van der Waals surface area contributed by atoms with Crippen molar-refractivity contribution in [3.63, 3.8) is 0 Å². The molecule has 1 heterocycles. The van der Waals surface area contributed by atoms with Crippen LogP contribution in [0, 0.1) is 6.92 Å². The summed E-state index contributed by atoms with van der Waals surface area (Å²) < 4.78 is 1.53. The van der Waals surface area contributed by atoms with Crippen LogP contribution in [0.5, 0.6) is 0 Å². The first kappa shape index (κ1) is 18.5. The number of carbonyl (C=O) groups excluding carboxylic acids is 2. The summed E-state index contributed by atoms with van der Waals surface area (Å²) in [5.41, 5.74) is 2.76. The highest BCUT2D eigenvalue weighted by molar-refractivity contribution is 6.30. The molecule has 138 valence electrons.